The van der Waals surface area contributed by atoms with E-state index in [9.17, 15) is 14.7 Å². The summed E-state index contributed by atoms with van der Waals surface area (Å²) in [5, 5.41) is 18.5. The molecule has 15 heavy (non-hydrogen) atoms. The molecular weight excluding hydrogens is 198 g/mol. The molecule has 0 aliphatic carbocycles. The summed E-state index contributed by atoms with van der Waals surface area (Å²) in [5.74, 6) is -1.48. The van der Waals surface area contributed by atoms with Crippen LogP contribution >= 0.6 is 0 Å². The first kappa shape index (κ1) is 9.26. The number of carbonyl (C=O) groups excluding carboxylic acids is 2. The van der Waals surface area contributed by atoms with Crippen molar-refractivity contribution in [2.24, 2.45) is 0 Å². The van der Waals surface area contributed by atoms with Crippen molar-refractivity contribution in [3.05, 3.63) is 30.4 Å². The monoisotopic (exact) mass is 205 g/mol. The van der Waals surface area contributed by atoms with Gasteiger partial charge < -0.3 is 10.2 Å². The van der Waals surface area contributed by atoms with E-state index in [0.717, 1.165) is 23.1 Å². The number of aromatic hydroxyl groups is 2. The molecule has 2 N–H and O–H groups in total. The Bertz CT molecular complexity index is 460. The number of rotatable bonds is 1. The highest BCUT2D eigenvalue weighted by Crippen LogP contribution is 2.32. The lowest BCUT2D eigenvalue weighted by molar-refractivity contribution is -0.120. The molecule has 0 atom stereocenters. The fraction of sp³-hybridized carbons (Fsp3) is 0. The van der Waals surface area contributed by atoms with Gasteiger partial charge in [-0.05, 0) is 12.1 Å². The summed E-state index contributed by atoms with van der Waals surface area (Å²) in [4.78, 5) is 23.4. The lowest BCUT2D eigenvalue weighted by Gasteiger charge is -2.14. The number of amides is 2. The van der Waals surface area contributed by atoms with Crippen molar-refractivity contribution in [1.29, 1.82) is 0 Å². The summed E-state index contributed by atoms with van der Waals surface area (Å²) in [7, 11) is 0. The maximum absolute atomic E-state index is 11.3. The van der Waals surface area contributed by atoms with E-state index >= 15 is 0 Å². The first-order chi connectivity index (χ1) is 7.09. The van der Waals surface area contributed by atoms with Crippen LogP contribution in [0.15, 0.2) is 30.4 Å². The maximum Gasteiger partial charge on any atom is 0.258 e. The van der Waals surface area contributed by atoms with Crippen molar-refractivity contribution < 1.29 is 19.8 Å². The molecule has 76 valence electrons. The van der Waals surface area contributed by atoms with Gasteiger partial charge >= 0.3 is 0 Å². The molecule has 0 unspecified atom stereocenters. The number of hydrogen-bond donors (Lipinski definition) is 2. The zero-order valence-corrected chi connectivity index (χ0v) is 7.54. The molecule has 0 fully saturated rings. The number of phenols is 2. The molecule has 0 bridgehead atoms. The summed E-state index contributed by atoms with van der Waals surface area (Å²) in [6.45, 7) is 0. The molecular formula is C10H7NO4. The fourth-order valence-corrected chi connectivity index (χ4v) is 1.34. The van der Waals surface area contributed by atoms with Crippen LogP contribution < -0.4 is 4.90 Å². The lowest BCUT2D eigenvalue weighted by Crippen LogP contribution is -2.29. The fourth-order valence-electron chi connectivity index (χ4n) is 1.34. The molecule has 0 radical (unpaired) electrons. The quantitative estimate of drug-likeness (QED) is 0.655. The molecule has 0 aromatic heterocycles. The Morgan fingerprint density at radius 1 is 1.00 bits per heavy atom. The van der Waals surface area contributed by atoms with Gasteiger partial charge in [-0.3, -0.25) is 9.59 Å². The molecule has 1 heterocycles. The van der Waals surface area contributed by atoms with Crippen LogP contribution in [0.25, 0.3) is 0 Å². The highest BCUT2D eigenvalue weighted by atomic mass is 16.3. The summed E-state index contributed by atoms with van der Waals surface area (Å²) >= 11 is 0. The van der Waals surface area contributed by atoms with E-state index in [1.807, 2.05) is 0 Å². The van der Waals surface area contributed by atoms with Crippen molar-refractivity contribution in [2.75, 3.05) is 4.90 Å². The highest BCUT2D eigenvalue weighted by Gasteiger charge is 2.27. The molecule has 1 aliphatic rings. The van der Waals surface area contributed by atoms with Crippen LogP contribution in [0, 0.1) is 0 Å². The SMILES string of the molecule is O=C1C=CC(=O)N1c1ccc(O)cc1O. The van der Waals surface area contributed by atoms with E-state index in [2.05, 4.69) is 0 Å². The molecule has 1 aromatic carbocycles. The maximum atomic E-state index is 11.3. The Kier molecular flexibility index (Phi) is 1.93. The number of phenolic OH excluding ortho intramolecular Hbond substituents is 2. The van der Waals surface area contributed by atoms with Gasteiger partial charge in [0.15, 0.2) is 0 Å². The average Bonchev–Trinajstić information content (AvgIpc) is 2.48. The zero-order chi connectivity index (χ0) is 11.0. The number of anilines is 1. The van der Waals surface area contributed by atoms with Gasteiger partial charge in [-0.2, -0.15) is 0 Å². The Labute approximate surface area is 84.9 Å². The third kappa shape index (κ3) is 1.43. The number of imide groups is 1. The minimum atomic E-state index is -0.513. The summed E-state index contributed by atoms with van der Waals surface area (Å²) in [5.41, 5.74) is 0.0628. The Morgan fingerprint density at radius 2 is 1.60 bits per heavy atom. The minimum Gasteiger partial charge on any atom is -0.508 e. The first-order valence-electron chi connectivity index (χ1n) is 4.17. The molecule has 5 nitrogen and oxygen atoms in total. The van der Waals surface area contributed by atoms with Crippen molar-refractivity contribution >= 4 is 17.5 Å². The molecule has 1 aliphatic heterocycles. The number of hydrogen-bond acceptors (Lipinski definition) is 4. The predicted molar refractivity (Wildman–Crippen MR) is 51.4 cm³/mol. The van der Waals surface area contributed by atoms with Crippen LogP contribution in [0.1, 0.15) is 0 Å². The van der Waals surface area contributed by atoms with Gasteiger partial charge in [0, 0.05) is 18.2 Å². The largest absolute Gasteiger partial charge is 0.508 e. The second kappa shape index (κ2) is 3.13. The van der Waals surface area contributed by atoms with Gasteiger partial charge in [0.25, 0.3) is 11.8 Å². The average molecular weight is 205 g/mol. The molecule has 0 spiro atoms. The van der Waals surface area contributed by atoms with E-state index in [1.165, 1.54) is 12.1 Å². The van der Waals surface area contributed by atoms with Gasteiger partial charge in [-0.15, -0.1) is 0 Å². The molecule has 0 saturated heterocycles. The van der Waals surface area contributed by atoms with Gasteiger partial charge in [0.2, 0.25) is 0 Å². The summed E-state index contributed by atoms with van der Waals surface area (Å²) in [6, 6.07) is 3.65. The number of nitrogens with zero attached hydrogens (tertiary/aromatic N) is 1. The van der Waals surface area contributed by atoms with Gasteiger partial charge in [-0.25, -0.2) is 4.90 Å². The molecule has 5 heteroatoms. The van der Waals surface area contributed by atoms with E-state index in [-0.39, 0.29) is 17.2 Å². The smallest absolute Gasteiger partial charge is 0.258 e. The number of carbonyl (C=O) groups is 2. The van der Waals surface area contributed by atoms with Crippen LogP contribution in [0.2, 0.25) is 0 Å². The second-order valence-electron chi connectivity index (χ2n) is 3.02. The van der Waals surface area contributed by atoms with Gasteiger partial charge in [-0.1, -0.05) is 0 Å². The van der Waals surface area contributed by atoms with Gasteiger partial charge in [0.1, 0.15) is 11.5 Å². The highest BCUT2D eigenvalue weighted by molar-refractivity contribution is 6.28. The van der Waals surface area contributed by atoms with Crippen molar-refractivity contribution in [3.63, 3.8) is 0 Å². The van der Waals surface area contributed by atoms with Crippen LogP contribution in [-0.2, 0) is 9.59 Å². The van der Waals surface area contributed by atoms with E-state index in [4.69, 9.17) is 5.11 Å². The predicted octanol–water partition coefficient (Wildman–Crippen LogP) is 0.527. The third-order valence-electron chi connectivity index (χ3n) is 2.01. The standard InChI is InChI=1S/C10H7NO4/c12-6-1-2-7(8(13)5-6)11-9(14)3-4-10(11)15/h1-5,12-13H. The Morgan fingerprint density at radius 3 is 2.13 bits per heavy atom. The summed E-state index contributed by atoms with van der Waals surface area (Å²) in [6.07, 6.45) is 2.24. The van der Waals surface area contributed by atoms with E-state index in [1.54, 1.807) is 0 Å². The Hall–Kier alpha value is -2.30. The van der Waals surface area contributed by atoms with Crippen LogP contribution in [0.5, 0.6) is 11.5 Å². The summed E-state index contributed by atoms with van der Waals surface area (Å²) < 4.78 is 0. The van der Waals surface area contributed by atoms with Crippen LogP contribution in [-0.4, -0.2) is 22.0 Å². The topological polar surface area (TPSA) is 77.8 Å². The minimum absolute atomic E-state index is 0.0628. The molecule has 2 amide bonds. The third-order valence-corrected chi connectivity index (χ3v) is 2.01. The van der Waals surface area contributed by atoms with Crippen molar-refractivity contribution in [1.82, 2.24) is 0 Å². The van der Waals surface area contributed by atoms with Crippen LogP contribution in [0.4, 0.5) is 5.69 Å². The zero-order valence-electron chi connectivity index (χ0n) is 7.54. The Balaban J connectivity index is 2.46. The van der Waals surface area contributed by atoms with Crippen molar-refractivity contribution in [2.45, 2.75) is 0 Å². The number of benzene rings is 1. The molecule has 1 aromatic rings. The molecule has 0 saturated carbocycles. The lowest BCUT2D eigenvalue weighted by atomic mass is 10.2. The van der Waals surface area contributed by atoms with E-state index in [0.29, 0.717) is 0 Å². The normalized spacial score (nSPS) is 15.1. The van der Waals surface area contributed by atoms with Crippen molar-refractivity contribution in [3.8, 4) is 11.5 Å². The van der Waals surface area contributed by atoms with E-state index < -0.39 is 11.8 Å². The second-order valence-corrected chi connectivity index (χ2v) is 3.02. The van der Waals surface area contributed by atoms with Gasteiger partial charge in [0.05, 0.1) is 5.69 Å². The van der Waals surface area contributed by atoms with Crippen LogP contribution in [0.3, 0.4) is 0 Å². The molecule has 2 rings (SSSR count). The first-order valence-corrected chi connectivity index (χ1v) is 4.17.